The predicted octanol–water partition coefficient (Wildman–Crippen LogP) is 1.18. The Bertz CT molecular complexity index is 513. The monoisotopic (exact) mass is 202 g/mol. The van der Waals surface area contributed by atoms with Gasteiger partial charge in [-0.05, 0) is 55.8 Å². The van der Waals surface area contributed by atoms with Crippen molar-refractivity contribution in [2.75, 3.05) is 0 Å². The maximum Gasteiger partial charge on any atom is 0.277 e. The summed E-state index contributed by atoms with van der Waals surface area (Å²) in [5, 5.41) is 11.5. The molecule has 1 heterocycles. The first-order chi connectivity index (χ1) is 6.95. The van der Waals surface area contributed by atoms with E-state index in [0.29, 0.717) is 11.1 Å². The summed E-state index contributed by atoms with van der Waals surface area (Å²) >= 11 is 0. The average molecular weight is 202 g/mol. The highest BCUT2D eigenvalue weighted by atomic mass is 16.3. The van der Waals surface area contributed by atoms with E-state index in [1.807, 2.05) is 27.7 Å². The molecule has 0 aliphatic carbocycles. The van der Waals surface area contributed by atoms with Gasteiger partial charge in [0.1, 0.15) is 0 Å². The highest BCUT2D eigenvalue weighted by molar-refractivity contribution is 6.18. The summed E-state index contributed by atoms with van der Waals surface area (Å²) < 4.78 is 0. The second-order valence-corrected chi connectivity index (χ2v) is 3.97. The summed E-state index contributed by atoms with van der Waals surface area (Å²) in [6.07, 6.45) is 0. The number of benzene rings is 1. The van der Waals surface area contributed by atoms with Crippen molar-refractivity contribution in [1.82, 2.24) is 0 Å². The van der Waals surface area contributed by atoms with Crippen LogP contribution in [0.3, 0.4) is 0 Å². The zero-order chi connectivity index (χ0) is 11.3. The first-order valence-corrected chi connectivity index (χ1v) is 4.86. The van der Waals surface area contributed by atoms with Crippen molar-refractivity contribution in [2.45, 2.75) is 27.7 Å². The van der Waals surface area contributed by atoms with Crippen molar-refractivity contribution < 1.29 is 9.90 Å². The van der Waals surface area contributed by atoms with Gasteiger partial charge in [-0.2, -0.15) is 0 Å². The number of rotatable bonds is 0. The molecule has 1 aliphatic rings. The van der Waals surface area contributed by atoms with Crippen LogP contribution < -0.4 is 5.11 Å². The van der Waals surface area contributed by atoms with Crippen LogP contribution in [0, 0.1) is 27.7 Å². The Balaban J connectivity index is 2.92. The van der Waals surface area contributed by atoms with Crippen LogP contribution in [0.1, 0.15) is 38.2 Å². The van der Waals surface area contributed by atoms with Gasteiger partial charge in [-0.25, -0.2) is 4.99 Å². The lowest BCUT2D eigenvalue weighted by atomic mass is 9.90. The number of fused-ring (bicyclic) bond motifs is 1. The van der Waals surface area contributed by atoms with Crippen molar-refractivity contribution in [1.29, 1.82) is 0 Å². The molecule has 1 aromatic rings. The quantitative estimate of drug-likeness (QED) is 0.634. The number of nitrogens with zero attached hydrogens (tertiary/aromatic N) is 1. The Hall–Kier alpha value is -1.64. The van der Waals surface area contributed by atoms with Crippen LogP contribution in [0.2, 0.25) is 0 Å². The van der Waals surface area contributed by atoms with Crippen molar-refractivity contribution in [2.24, 2.45) is 4.99 Å². The molecule has 0 spiro atoms. The topological polar surface area (TPSA) is 52.5 Å². The zero-order valence-corrected chi connectivity index (χ0v) is 9.26. The molecule has 1 aliphatic heterocycles. The van der Waals surface area contributed by atoms with E-state index in [0.717, 1.165) is 22.3 Å². The van der Waals surface area contributed by atoms with Gasteiger partial charge in [-0.15, -0.1) is 0 Å². The number of carbonyl (C=O) groups excluding carboxylic acids is 1. The molecule has 3 nitrogen and oxygen atoms in total. The van der Waals surface area contributed by atoms with E-state index in [9.17, 15) is 9.90 Å². The summed E-state index contributed by atoms with van der Waals surface area (Å²) in [6.45, 7) is 7.67. The van der Waals surface area contributed by atoms with Crippen LogP contribution >= 0.6 is 0 Å². The van der Waals surface area contributed by atoms with Crippen molar-refractivity contribution in [3.63, 3.8) is 0 Å². The fraction of sp³-hybridized carbons (Fsp3) is 0.333. The van der Waals surface area contributed by atoms with E-state index in [4.69, 9.17) is 0 Å². The van der Waals surface area contributed by atoms with Crippen molar-refractivity contribution in [3.8, 4) is 0 Å². The number of amides is 1. The fourth-order valence-corrected chi connectivity index (χ4v) is 2.05. The molecule has 0 saturated carbocycles. The van der Waals surface area contributed by atoms with E-state index >= 15 is 0 Å². The second-order valence-electron chi connectivity index (χ2n) is 3.97. The molecule has 0 aromatic heterocycles. The Morgan fingerprint density at radius 2 is 1.33 bits per heavy atom. The standard InChI is InChI=1S/C12H13NO2/c1-5-6(2)8(4)10-9(7(5)3)11(14)13-12(10)15/h1-4H3,(H,13,14,15)/p-1. The first kappa shape index (κ1) is 9.90. The lowest BCUT2D eigenvalue weighted by Crippen LogP contribution is -2.19. The SMILES string of the molecule is Cc1c(C)c(C)c2c(c1C)C(=O)N=C2[O-]. The van der Waals surface area contributed by atoms with Gasteiger partial charge >= 0.3 is 0 Å². The molecular formula is C12H12NO2-. The maximum absolute atomic E-state index is 11.5. The summed E-state index contributed by atoms with van der Waals surface area (Å²) in [5.41, 5.74) is 4.91. The fourth-order valence-electron chi connectivity index (χ4n) is 2.05. The van der Waals surface area contributed by atoms with Crippen molar-refractivity contribution in [3.05, 3.63) is 33.4 Å². The minimum absolute atomic E-state index is 0.390. The molecule has 0 bridgehead atoms. The minimum Gasteiger partial charge on any atom is -0.858 e. The summed E-state index contributed by atoms with van der Waals surface area (Å²) in [6, 6.07) is 0. The molecule has 0 unspecified atom stereocenters. The normalized spacial score (nSPS) is 14.1. The zero-order valence-electron chi connectivity index (χ0n) is 9.26. The largest absolute Gasteiger partial charge is 0.858 e. The van der Waals surface area contributed by atoms with E-state index in [1.165, 1.54) is 0 Å². The Morgan fingerprint density at radius 3 is 1.87 bits per heavy atom. The predicted molar refractivity (Wildman–Crippen MR) is 56.3 cm³/mol. The number of hydrogen-bond donors (Lipinski definition) is 0. The van der Waals surface area contributed by atoms with Crippen LogP contribution in [-0.4, -0.2) is 11.8 Å². The highest BCUT2D eigenvalue weighted by Crippen LogP contribution is 2.29. The molecule has 0 N–H and O–H groups in total. The third kappa shape index (κ3) is 1.12. The molecule has 3 heteroatoms. The van der Waals surface area contributed by atoms with Gasteiger partial charge in [0, 0.05) is 5.56 Å². The number of aliphatic imine (C=N–C) groups is 1. The van der Waals surface area contributed by atoms with Crippen LogP contribution in [-0.2, 0) is 0 Å². The van der Waals surface area contributed by atoms with Crippen LogP contribution in [0.5, 0.6) is 0 Å². The molecule has 0 atom stereocenters. The first-order valence-electron chi connectivity index (χ1n) is 4.86. The average Bonchev–Trinajstić information content (AvgIpc) is 2.47. The lowest BCUT2D eigenvalue weighted by molar-refractivity contribution is -0.212. The summed E-state index contributed by atoms with van der Waals surface area (Å²) in [4.78, 5) is 15.0. The lowest BCUT2D eigenvalue weighted by Gasteiger charge is -2.17. The van der Waals surface area contributed by atoms with Gasteiger partial charge in [0.15, 0.2) is 0 Å². The number of carbonyl (C=O) groups is 1. The van der Waals surface area contributed by atoms with Gasteiger partial charge < -0.3 is 5.11 Å². The second kappa shape index (κ2) is 2.92. The molecule has 2 rings (SSSR count). The smallest absolute Gasteiger partial charge is 0.277 e. The molecule has 0 fully saturated rings. The Labute approximate surface area is 88.5 Å². The summed E-state index contributed by atoms with van der Waals surface area (Å²) in [7, 11) is 0. The molecule has 15 heavy (non-hydrogen) atoms. The van der Waals surface area contributed by atoms with Gasteiger partial charge in [0.25, 0.3) is 5.91 Å². The molecule has 0 radical (unpaired) electrons. The number of hydrogen-bond acceptors (Lipinski definition) is 2. The van der Waals surface area contributed by atoms with E-state index in [2.05, 4.69) is 4.99 Å². The van der Waals surface area contributed by atoms with E-state index < -0.39 is 11.8 Å². The minimum atomic E-state index is -0.390. The van der Waals surface area contributed by atoms with E-state index in [1.54, 1.807) is 0 Å². The van der Waals surface area contributed by atoms with Crippen LogP contribution in [0.25, 0.3) is 0 Å². The Kier molecular flexibility index (Phi) is 1.93. The summed E-state index contributed by atoms with van der Waals surface area (Å²) in [5.74, 6) is -0.780. The Morgan fingerprint density at radius 1 is 0.867 bits per heavy atom. The van der Waals surface area contributed by atoms with Gasteiger partial charge in [0.2, 0.25) is 0 Å². The highest BCUT2D eigenvalue weighted by Gasteiger charge is 2.24. The molecular weight excluding hydrogens is 190 g/mol. The van der Waals surface area contributed by atoms with Gasteiger partial charge in [0.05, 0.1) is 5.56 Å². The molecule has 1 aromatic carbocycles. The molecule has 0 saturated heterocycles. The third-order valence-electron chi connectivity index (χ3n) is 3.32. The molecule has 78 valence electrons. The van der Waals surface area contributed by atoms with Crippen LogP contribution in [0.4, 0.5) is 0 Å². The van der Waals surface area contributed by atoms with Crippen LogP contribution in [0.15, 0.2) is 4.99 Å². The molecule has 1 amide bonds. The third-order valence-corrected chi connectivity index (χ3v) is 3.32. The van der Waals surface area contributed by atoms with Gasteiger partial charge in [-0.1, -0.05) is 0 Å². The van der Waals surface area contributed by atoms with Crippen molar-refractivity contribution >= 4 is 11.8 Å². The maximum atomic E-state index is 11.5. The van der Waals surface area contributed by atoms with E-state index in [-0.39, 0.29) is 0 Å². The van der Waals surface area contributed by atoms with Gasteiger partial charge in [-0.3, -0.25) is 4.79 Å².